The third kappa shape index (κ3) is 0.803. The third-order valence-electron chi connectivity index (χ3n) is 2.11. The lowest BCUT2D eigenvalue weighted by molar-refractivity contribution is -0.121. The molecule has 4 heteroatoms. The number of piperazine rings is 1. The average Bonchev–Trinajstić information content (AvgIpc) is 2.34. The Morgan fingerprint density at radius 3 is 3.30 bits per heavy atom. The molecular weight excluding hydrogens is 130 g/mol. The van der Waals surface area contributed by atoms with E-state index in [-0.39, 0.29) is 11.9 Å². The zero-order chi connectivity index (χ0) is 6.97. The van der Waals surface area contributed by atoms with E-state index in [4.69, 9.17) is 0 Å². The summed E-state index contributed by atoms with van der Waals surface area (Å²) >= 11 is 0. The number of carbonyl (C=O) groups excluding carboxylic acids is 1. The molecule has 0 spiro atoms. The van der Waals surface area contributed by atoms with Crippen molar-refractivity contribution >= 4 is 5.91 Å². The molecule has 0 aromatic carbocycles. The normalized spacial score (nSPS) is 33.6. The molecule has 0 saturated carbocycles. The highest BCUT2D eigenvalue weighted by molar-refractivity contribution is 5.83. The van der Waals surface area contributed by atoms with Crippen molar-refractivity contribution in [3.63, 3.8) is 0 Å². The fourth-order valence-electron chi connectivity index (χ4n) is 1.49. The Kier molecular flexibility index (Phi) is 1.35. The minimum absolute atomic E-state index is 0.105. The summed E-state index contributed by atoms with van der Waals surface area (Å²) in [4.78, 5) is 13.2. The standard InChI is InChI=1S/C6H11N3O/c10-6-5-3-7-1-2-9(5)4-8-6/h5,7H,1-4H2,(H,8,10). The van der Waals surface area contributed by atoms with E-state index >= 15 is 0 Å². The number of nitrogens with one attached hydrogen (secondary N) is 2. The van der Waals surface area contributed by atoms with Crippen LogP contribution in [0, 0.1) is 0 Å². The highest BCUT2D eigenvalue weighted by Gasteiger charge is 2.33. The maximum Gasteiger partial charge on any atom is 0.239 e. The minimum Gasteiger partial charge on any atom is -0.342 e. The Morgan fingerprint density at radius 2 is 2.50 bits per heavy atom. The second kappa shape index (κ2) is 2.21. The molecule has 4 nitrogen and oxygen atoms in total. The molecule has 0 aromatic heterocycles. The van der Waals surface area contributed by atoms with Gasteiger partial charge in [-0.1, -0.05) is 0 Å². The van der Waals surface area contributed by atoms with E-state index in [1.54, 1.807) is 0 Å². The molecule has 0 radical (unpaired) electrons. The van der Waals surface area contributed by atoms with Crippen LogP contribution in [0.4, 0.5) is 0 Å². The first kappa shape index (κ1) is 6.12. The molecule has 0 bridgehead atoms. The van der Waals surface area contributed by atoms with Crippen LogP contribution < -0.4 is 10.6 Å². The molecule has 1 atom stereocenters. The number of nitrogens with zero attached hydrogens (tertiary/aromatic N) is 1. The summed E-state index contributed by atoms with van der Waals surface area (Å²) in [7, 11) is 0. The molecule has 56 valence electrons. The van der Waals surface area contributed by atoms with E-state index in [2.05, 4.69) is 15.5 Å². The average molecular weight is 141 g/mol. The van der Waals surface area contributed by atoms with Crippen molar-refractivity contribution in [2.75, 3.05) is 26.3 Å². The molecule has 2 heterocycles. The van der Waals surface area contributed by atoms with Crippen molar-refractivity contribution in [3.8, 4) is 0 Å². The number of carbonyl (C=O) groups is 1. The van der Waals surface area contributed by atoms with E-state index in [1.165, 1.54) is 0 Å². The lowest BCUT2D eigenvalue weighted by Crippen LogP contribution is -2.50. The highest BCUT2D eigenvalue weighted by Crippen LogP contribution is 2.06. The molecule has 2 aliphatic rings. The van der Waals surface area contributed by atoms with Crippen LogP contribution in [0.25, 0.3) is 0 Å². The van der Waals surface area contributed by atoms with Gasteiger partial charge in [-0.3, -0.25) is 9.69 Å². The zero-order valence-electron chi connectivity index (χ0n) is 5.76. The maximum absolute atomic E-state index is 11.0. The number of hydrogen-bond acceptors (Lipinski definition) is 3. The summed E-state index contributed by atoms with van der Waals surface area (Å²) in [6.45, 7) is 3.55. The molecule has 0 aliphatic carbocycles. The van der Waals surface area contributed by atoms with Gasteiger partial charge in [0.05, 0.1) is 6.67 Å². The number of fused-ring (bicyclic) bond motifs is 1. The van der Waals surface area contributed by atoms with Gasteiger partial charge in [-0.15, -0.1) is 0 Å². The molecule has 2 fully saturated rings. The summed E-state index contributed by atoms with van der Waals surface area (Å²) in [5.74, 6) is 0.173. The molecule has 1 unspecified atom stereocenters. The van der Waals surface area contributed by atoms with Gasteiger partial charge in [-0.2, -0.15) is 0 Å². The molecule has 2 saturated heterocycles. The highest BCUT2D eigenvalue weighted by atomic mass is 16.2. The molecule has 2 N–H and O–H groups in total. The summed E-state index contributed by atoms with van der Waals surface area (Å²) in [5, 5.41) is 5.99. The monoisotopic (exact) mass is 141 g/mol. The molecule has 1 amide bonds. The van der Waals surface area contributed by atoms with Crippen molar-refractivity contribution in [2.24, 2.45) is 0 Å². The van der Waals surface area contributed by atoms with Crippen LogP contribution in [-0.4, -0.2) is 43.2 Å². The van der Waals surface area contributed by atoms with Crippen LogP contribution in [0.1, 0.15) is 0 Å². The van der Waals surface area contributed by atoms with Gasteiger partial charge in [0.15, 0.2) is 0 Å². The van der Waals surface area contributed by atoms with Crippen LogP contribution >= 0.6 is 0 Å². The van der Waals surface area contributed by atoms with Gasteiger partial charge in [-0.25, -0.2) is 0 Å². The Hall–Kier alpha value is -0.610. The van der Waals surface area contributed by atoms with E-state index in [0.29, 0.717) is 0 Å². The van der Waals surface area contributed by atoms with Gasteiger partial charge >= 0.3 is 0 Å². The first-order chi connectivity index (χ1) is 4.88. The summed E-state index contributed by atoms with van der Waals surface area (Å²) in [6, 6.07) is 0.105. The molecular formula is C6H11N3O. The largest absolute Gasteiger partial charge is 0.342 e. The van der Waals surface area contributed by atoms with Gasteiger partial charge in [0.25, 0.3) is 0 Å². The maximum atomic E-state index is 11.0. The fourth-order valence-corrected chi connectivity index (χ4v) is 1.49. The van der Waals surface area contributed by atoms with Crippen molar-refractivity contribution in [2.45, 2.75) is 6.04 Å². The van der Waals surface area contributed by atoms with Crippen molar-refractivity contribution in [3.05, 3.63) is 0 Å². The lowest BCUT2D eigenvalue weighted by atomic mass is 10.2. The first-order valence-electron chi connectivity index (χ1n) is 3.60. The minimum atomic E-state index is 0.105. The molecule has 2 rings (SSSR count). The SMILES string of the molecule is O=C1NCN2CCNCC12. The zero-order valence-corrected chi connectivity index (χ0v) is 5.76. The predicted molar refractivity (Wildman–Crippen MR) is 36.4 cm³/mol. The second-order valence-electron chi connectivity index (χ2n) is 2.73. The van der Waals surface area contributed by atoms with Crippen LogP contribution in [0.5, 0.6) is 0 Å². The van der Waals surface area contributed by atoms with E-state index < -0.39 is 0 Å². The van der Waals surface area contributed by atoms with Crippen LogP contribution in [0.3, 0.4) is 0 Å². The van der Waals surface area contributed by atoms with Gasteiger partial charge < -0.3 is 10.6 Å². The Morgan fingerprint density at radius 1 is 1.60 bits per heavy atom. The van der Waals surface area contributed by atoms with Crippen LogP contribution in [0.2, 0.25) is 0 Å². The molecule has 2 aliphatic heterocycles. The van der Waals surface area contributed by atoms with Gasteiger partial charge in [0.1, 0.15) is 6.04 Å². The van der Waals surface area contributed by atoms with Gasteiger partial charge in [-0.05, 0) is 0 Å². The van der Waals surface area contributed by atoms with E-state index in [1.807, 2.05) is 0 Å². The van der Waals surface area contributed by atoms with Gasteiger partial charge in [0.2, 0.25) is 5.91 Å². The summed E-state index contributed by atoms with van der Waals surface area (Å²) in [6.07, 6.45) is 0. The number of rotatable bonds is 0. The van der Waals surface area contributed by atoms with Crippen LogP contribution in [-0.2, 0) is 4.79 Å². The van der Waals surface area contributed by atoms with Crippen molar-refractivity contribution < 1.29 is 4.79 Å². The Labute approximate surface area is 59.6 Å². The van der Waals surface area contributed by atoms with E-state index in [9.17, 15) is 4.79 Å². The van der Waals surface area contributed by atoms with Crippen molar-refractivity contribution in [1.29, 1.82) is 0 Å². The second-order valence-corrected chi connectivity index (χ2v) is 2.73. The number of hydrogen-bond donors (Lipinski definition) is 2. The fraction of sp³-hybridized carbons (Fsp3) is 0.833. The molecule has 0 aromatic rings. The first-order valence-corrected chi connectivity index (χ1v) is 3.60. The summed E-state index contributed by atoms with van der Waals surface area (Å²) in [5.41, 5.74) is 0. The molecule has 10 heavy (non-hydrogen) atoms. The third-order valence-corrected chi connectivity index (χ3v) is 2.11. The predicted octanol–water partition coefficient (Wildman–Crippen LogP) is -1.65. The van der Waals surface area contributed by atoms with Gasteiger partial charge in [0, 0.05) is 19.6 Å². The van der Waals surface area contributed by atoms with Crippen LogP contribution in [0.15, 0.2) is 0 Å². The van der Waals surface area contributed by atoms with E-state index in [0.717, 1.165) is 26.3 Å². The lowest BCUT2D eigenvalue weighted by Gasteiger charge is -2.26. The quantitative estimate of drug-likeness (QED) is 0.425. The smallest absolute Gasteiger partial charge is 0.239 e. The Bertz CT molecular complexity index is 159. The Balaban J connectivity index is 2.08. The van der Waals surface area contributed by atoms with Crippen molar-refractivity contribution in [1.82, 2.24) is 15.5 Å². The number of amides is 1. The summed E-state index contributed by atoms with van der Waals surface area (Å²) < 4.78 is 0. The topological polar surface area (TPSA) is 44.4 Å².